The molecule has 2 aromatic carbocycles. The molecule has 4 unspecified atom stereocenters. The quantitative estimate of drug-likeness (QED) is 0.0533. The van der Waals surface area contributed by atoms with Crippen LogP contribution >= 0.6 is 0 Å². The maximum absolute atomic E-state index is 14.7. The Morgan fingerprint density at radius 2 is 0.792 bits per heavy atom. The largest absolute Gasteiger partial charge is 0.459 e. The summed E-state index contributed by atoms with van der Waals surface area (Å²) in [5.74, 6) is -10.5. The third-order valence-electron chi connectivity index (χ3n) is 27.0. The number of benzene rings is 2. The van der Waals surface area contributed by atoms with Gasteiger partial charge in [0.1, 0.15) is 52.8 Å². The number of Topliss-reactive ketones (excluding diaryl/α,β-unsaturated/α-hetero) is 2. The van der Waals surface area contributed by atoms with Gasteiger partial charge < -0.3 is 116 Å². The summed E-state index contributed by atoms with van der Waals surface area (Å²) < 4.78 is 102. The summed E-state index contributed by atoms with van der Waals surface area (Å²) in [5.41, 5.74) is -8.09. The highest BCUT2D eigenvalue weighted by Crippen LogP contribution is 2.46. The topological polar surface area (TPSA) is 378 Å². The number of ether oxygens (including phenoxy) is 16. The van der Waals surface area contributed by atoms with Gasteiger partial charge in [0.05, 0.1) is 107 Å². The summed E-state index contributed by atoms with van der Waals surface area (Å²) in [6.07, 6.45) is -18.3. The first-order chi connectivity index (χ1) is 55.9. The summed E-state index contributed by atoms with van der Waals surface area (Å²) >= 11 is 0. The van der Waals surface area contributed by atoms with Crippen LogP contribution in [0.15, 0.2) is 60.7 Å². The van der Waals surface area contributed by atoms with E-state index in [9.17, 15) is 59.4 Å². The van der Waals surface area contributed by atoms with E-state index in [4.69, 9.17) is 75.8 Å². The lowest BCUT2D eigenvalue weighted by molar-refractivity contribution is -0.319. The molecular formula is C90H146N2O28. The molecule has 684 valence electrons. The molecule has 6 heterocycles. The van der Waals surface area contributed by atoms with Crippen LogP contribution in [0.25, 0.3) is 0 Å². The van der Waals surface area contributed by atoms with Gasteiger partial charge in [-0.05, 0) is 174 Å². The van der Waals surface area contributed by atoms with Crippen molar-refractivity contribution in [3.05, 3.63) is 71.8 Å². The lowest BCUT2D eigenvalue weighted by Crippen LogP contribution is -2.62. The zero-order chi connectivity index (χ0) is 90.1. The third-order valence-corrected chi connectivity index (χ3v) is 27.0. The van der Waals surface area contributed by atoms with Crippen LogP contribution in [0.1, 0.15) is 211 Å². The number of carbonyl (C=O) groups is 6. The summed E-state index contributed by atoms with van der Waals surface area (Å²) in [7, 11) is 13.6. The molecule has 0 saturated carbocycles. The van der Waals surface area contributed by atoms with Gasteiger partial charge in [0.2, 0.25) is 0 Å². The minimum absolute atomic E-state index is 0.0420. The number of hydrogen-bond donors (Lipinski definition) is 6. The van der Waals surface area contributed by atoms with Crippen molar-refractivity contribution in [2.75, 3.05) is 56.6 Å². The molecule has 30 heteroatoms. The Kier molecular flexibility index (Phi) is 36.1. The second kappa shape index (κ2) is 42.4. The minimum atomic E-state index is -2.03. The van der Waals surface area contributed by atoms with Gasteiger partial charge in [0.25, 0.3) is 0 Å². The zero-order valence-corrected chi connectivity index (χ0v) is 76.3. The first kappa shape index (κ1) is 102. The number of methoxy groups -OCH3 is 4. The SMILES string of the molecule is CC[C@H]1OC(=O)[C@H](C)[C@@H](OC2C[C@@](C)(OC)[C@@H](O)[C@H](C)O2)[C@H](C)[C@@H](OC2O[C@H](C)C[C@H](N(C)C)[C@H]2O)[C@@](C)(OC)C[C@@H](C)C(=O)[C@H](C)[C@@H](O)[C@]1(C)O.CC[C@H]1OC(=O)[C@H](C)[C@@H](OC2C[C@@](C)(OC)[C@@H](OC(=O)c3ccccc3)[C@H](C)O2)[C@H](C)[C@@H](OC2O[C@H](C)C[C@H](N(C)C)[C@H]2OC(=O)c2ccccc2)[C@@](C)(OC)C[C@@H](C)C(=O)[C@H](C)[C@@H](O)[C@]1(C)O. The number of nitrogens with zero attached hydrogens (tertiary/aromatic N) is 2. The molecule has 0 bridgehead atoms. The second-order valence-corrected chi connectivity index (χ2v) is 36.8. The van der Waals surface area contributed by atoms with Crippen molar-refractivity contribution in [3.63, 3.8) is 0 Å². The van der Waals surface area contributed by atoms with Crippen molar-refractivity contribution in [1.29, 1.82) is 0 Å². The molecule has 0 aliphatic carbocycles. The fraction of sp³-hybridized carbons (Fsp3) is 0.800. The summed E-state index contributed by atoms with van der Waals surface area (Å²) in [5, 5.41) is 69.1. The highest BCUT2D eigenvalue weighted by molar-refractivity contribution is 5.90. The maximum Gasteiger partial charge on any atom is 0.338 e. The van der Waals surface area contributed by atoms with E-state index >= 15 is 0 Å². The molecule has 2 aromatic rings. The van der Waals surface area contributed by atoms with Gasteiger partial charge in [-0.15, -0.1) is 0 Å². The monoisotopic (exact) mass is 1700 g/mol. The summed E-state index contributed by atoms with van der Waals surface area (Å²) in [4.78, 5) is 88.2. The van der Waals surface area contributed by atoms with Crippen molar-refractivity contribution in [3.8, 4) is 0 Å². The Labute approximate surface area is 711 Å². The normalized spacial score (nSPS) is 43.9. The predicted octanol–water partition coefficient (Wildman–Crippen LogP) is 8.61. The second-order valence-electron chi connectivity index (χ2n) is 36.8. The number of likely N-dealkylation sites (N-methyl/N-ethyl adjacent to an activating group) is 2. The molecular weight excluding hydrogens is 1560 g/mol. The molecule has 0 spiro atoms. The maximum atomic E-state index is 14.7. The van der Waals surface area contributed by atoms with Crippen LogP contribution in [0.5, 0.6) is 0 Å². The van der Waals surface area contributed by atoms with E-state index in [0.717, 1.165) is 0 Å². The van der Waals surface area contributed by atoms with Crippen LogP contribution in [-0.4, -0.2) is 301 Å². The van der Waals surface area contributed by atoms with Crippen LogP contribution in [0.4, 0.5) is 0 Å². The first-order valence-electron chi connectivity index (χ1n) is 42.9. The smallest absolute Gasteiger partial charge is 0.338 e. The van der Waals surface area contributed by atoms with Gasteiger partial charge in [0, 0.05) is 82.8 Å². The number of carbonyl (C=O) groups excluding carboxylic acids is 6. The first-order valence-corrected chi connectivity index (χ1v) is 42.9. The summed E-state index contributed by atoms with van der Waals surface area (Å²) in [6.45, 7) is 34.1. The zero-order valence-electron chi connectivity index (χ0n) is 76.3. The van der Waals surface area contributed by atoms with Gasteiger partial charge in [-0.3, -0.25) is 19.2 Å². The molecule has 36 atom stereocenters. The molecule has 0 aromatic heterocycles. The molecule has 120 heavy (non-hydrogen) atoms. The molecule has 30 nitrogen and oxygen atoms in total. The van der Waals surface area contributed by atoms with Crippen molar-refractivity contribution in [2.24, 2.45) is 47.3 Å². The Balaban J connectivity index is 0.000000343. The number of ketones is 2. The van der Waals surface area contributed by atoms with Crippen LogP contribution in [0, 0.1) is 47.3 Å². The van der Waals surface area contributed by atoms with E-state index in [1.54, 1.807) is 158 Å². The number of esters is 4. The van der Waals surface area contributed by atoms with E-state index in [-0.39, 0.29) is 74.4 Å². The van der Waals surface area contributed by atoms with Crippen molar-refractivity contribution in [1.82, 2.24) is 9.80 Å². The van der Waals surface area contributed by atoms with Crippen LogP contribution in [0.2, 0.25) is 0 Å². The van der Waals surface area contributed by atoms with Gasteiger partial charge in [-0.1, -0.05) is 91.8 Å². The average molecular weight is 1700 g/mol. The molecule has 6 aliphatic heterocycles. The van der Waals surface area contributed by atoms with Crippen molar-refractivity contribution in [2.45, 2.75) is 358 Å². The van der Waals surface area contributed by atoms with Crippen LogP contribution in [-0.2, 0) is 95.0 Å². The molecule has 6 saturated heterocycles. The Bertz CT molecular complexity index is 3610. The Morgan fingerprint density at radius 1 is 0.433 bits per heavy atom. The van der Waals surface area contributed by atoms with E-state index in [0.29, 0.717) is 24.0 Å². The number of aliphatic hydroxyl groups is 6. The molecule has 0 amide bonds. The van der Waals surface area contributed by atoms with Gasteiger partial charge in [-0.2, -0.15) is 0 Å². The summed E-state index contributed by atoms with van der Waals surface area (Å²) in [6, 6.07) is 16.6. The molecule has 6 fully saturated rings. The highest BCUT2D eigenvalue weighted by atomic mass is 16.7. The fourth-order valence-electron chi connectivity index (χ4n) is 19.0. The van der Waals surface area contributed by atoms with Crippen molar-refractivity contribution < 1.29 is 135 Å². The predicted molar refractivity (Wildman–Crippen MR) is 441 cm³/mol. The van der Waals surface area contributed by atoms with E-state index < -0.39 is 215 Å². The third kappa shape index (κ3) is 23.2. The highest BCUT2D eigenvalue weighted by Gasteiger charge is 2.59. The van der Waals surface area contributed by atoms with Crippen LogP contribution < -0.4 is 0 Å². The van der Waals surface area contributed by atoms with Crippen LogP contribution in [0.3, 0.4) is 0 Å². The number of hydrogen-bond acceptors (Lipinski definition) is 30. The van der Waals surface area contributed by atoms with Crippen molar-refractivity contribution >= 4 is 35.4 Å². The minimum Gasteiger partial charge on any atom is -0.459 e. The number of aliphatic hydroxyl groups excluding tert-OH is 4. The molecule has 6 aliphatic rings. The van der Waals surface area contributed by atoms with E-state index in [1.165, 1.54) is 42.3 Å². The van der Waals surface area contributed by atoms with E-state index in [1.807, 2.05) is 65.7 Å². The molecule has 6 N–H and O–H groups in total. The van der Waals surface area contributed by atoms with E-state index in [2.05, 4.69) is 0 Å². The lowest BCUT2D eigenvalue weighted by atomic mass is 9.73. The van der Waals surface area contributed by atoms with Gasteiger partial charge in [0.15, 0.2) is 37.4 Å². The van der Waals surface area contributed by atoms with Gasteiger partial charge >= 0.3 is 23.9 Å². The number of rotatable bonds is 20. The standard InChI is InChI=1S/C52H77NO15.C38H69NO13/c1-15-38-52(10,59)43(55)31(4)40(54)29(2)27-50(8,60-13)44(68-49-42(37(53(11)12)26-30(3)62-49)66-47(57)35-22-18-16-19-23-35)32(5)41(33(6)46(56)64-38)65-39-28-51(9,61-14)45(34(7)63-39)67-48(58)36-24-20-17-21-25-36;1-15-26-38(10,45)31(42)21(4)28(40)19(2)17-37(9,47-14)33(52-35-29(41)25(39(11)12)16-20(3)48-35)22(5)30(23(6)34(44)50-26)51-27-18-36(8,46-13)32(43)24(7)49-27/h16-25,29-34,37-39,41-45,49,55,59H,15,26-28H2,1-14H3;19-27,29-33,35,41-43,45H,15-18H2,1-14H3/t29-,30-,31+,32+,33-,34+,37+,38-,39?,41+,42-,43-,44-,45+,49?,50+,51-,52-;19-,20-,21+,22+,23-,24+,25+,26-,27?,29-,30+,31-,32+,33-,35?,36-,37+,38-/m11/s1. The lowest BCUT2D eigenvalue weighted by Gasteiger charge is -2.50. The average Bonchev–Trinajstić information content (AvgIpc) is 0.772. The Morgan fingerprint density at radius 3 is 1.18 bits per heavy atom. The fourth-order valence-corrected chi connectivity index (χ4v) is 19.0. The molecule has 8 rings (SSSR count). The molecule has 0 radical (unpaired) electrons. The van der Waals surface area contributed by atoms with Gasteiger partial charge in [-0.25, -0.2) is 9.59 Å². The Hall–Kier alpha value is -5.14. The number of cyclic esters (lactones) is 2.